The standard InChI is InChI=1S/C22H22N4O2/c1-15(22(28)26-20-9-7-16(8-10-20)21(23)27)24-18-11-13-19(14-12-18)25-17-5-3-2-4-6-17/h2-15,24-25H,1H3,(H2,23,27)(H,26,28)/t15-/m1/s1. The predicted molar refractivity (Wildman–Crippen MR) is 113 cm³/mol. The third kappa shape index (κ3) is 5.11. The van der Waals surface area contributed by atoms with Crippen LogP contribution in [0.4, 0.5) is 22.7 Å². The summed E-state index contributed by atoms with van der Waals surface area (Å²) in [6.07, 6.45) is 0. The van der Waals surface area contributed by atoms with Gasteiger partial charge in [-0.05, 0) is 67.6 Å². The Bertz CT molecular complexity index is 939. The van der Waals surface area contributed by atoms with E-state index in [1.165, 1.54) is 0 Å². The van der Waals surface area contributed by atoms with Gasteiger partial charge in [-0.15, -0.1) is 0 Å². The summed E-state index contributed by atoms with van der Waals surface area (Å²) in [5.74, 6) is -0.684. The van der Waals surface area contributed by atoms with Crippen molar-refractivity contribution in [3.8, 4) is 0 Å². The van der Waals surface area contributed by atoms with Crippen molar-refractivity contribution in [2.75, 3.05) is 16.0 Å². The SMILES string of the molecule is C[C@@H](Nc1ccc(Nc2ccccc2)cc1)C(=O)Nc1ccc(C(N)=O)cc1. The first-order valence-corrected chi connectivity index (χ1v) is 8.91. The van der Waals surface area contributed by atoms with E-state index < -0.39 is 11.9 Å². The molecule has 0 heterocycles. The Labute approximate surface area is 163 Å². The molecule has 2 amide bonds. The Kier molecular flexibility index (Phi) is 5.91. The minimum absolute atomic E-state index is 0.182. The first-order chi connectivity index (χ1) is 13.5. The molecule has 3 aromatic carbocycles. The molecule has 6 heteroatoms. The predicted octanol–water partition coefficient (Wildman–Crippen LogP) is 3.97. The summed E-state index contributed by atoms with van der Waals surface area (Å²) in [5, 5.41) is 9.29. The minimum atomic E-state index is -0.502. The number of carbonyl (C=O) groups is 2. The maximum Gasteiger partial charge on any atom is 0.248 e. The van der Waals surface area contributed by atoms with Gasteiger partial charge in [0.1, 0.15) is 6.04 Å². The molecule has 0 aliphatic heterocycles. The Morgan fingerprint density at radius 2 is 1.29 bits per heavy atom. The number of hydrogen-bond acceptors (Lipinski definition) is 4. The average Bonchev–Trinajstić information content (AvgIpc) is 2.70. The summed E-state index contributed by atoms with van der Waals surface area (Å²) in [6.45, 7) is 1.78. The van der Waals surface area contributed by atoms with E-state index in [1.54, 1.807) is 31.2 Å². The van der Waals surface area contributed by atoms with Crippen molar-refractivity contribution in [2.45, 2.75) is 13.0 Å². The van der Waals surface area contributed by atoms with Crippen LogP contribution < -0.4 is 21.7 Å². The first kappa shape index (κ1) is 19.0. The van der Waals surface area contributed by atoms with E-state index in [-0.39, 0.29) is 5.91 Å². The molecule has 0 radical (unpaired) electrons. The van der Waals surface area contributed by atoms with E-state index in [0.29, 0.717) is 11.3 Å². The summed E-state index contributed by atoms with van der Waals surface area (Å²) in [4.78, 5) is 23.5. The van der Waals surface area contributed by atoms with Gasteiger partial charge in [-0.2, -0.15) is 0 Å². The molecule has 6 nitrogen and oxygen atoms in total. The van der Waals surface area contributed by atoms with Gasteiger partial charge in [-0.1, -0.05) is 18.2 Å². The zero-order valence-corrected chi connectivity index (χ0v) is 15.5. The summed E-state index contributed by atoms with van der Waals surface area (Å²) in [5.41, 5.74) is 9.02. The van der Waals surface area contributed by atoms with Crippen LogP contribution in [0.5, 0.6) is 0 Å². The molecule has 28 heavy (non-hydrogen) atoms. The van der Waals surface area contributed by atoms with Crippen LogP contribution in [0.25, 0.3) is 0 Å². The maximum atomic E-state index is 12.4. The van der Waals surface area contributed by atoms with Crippen LogP contribution in [0.1, 0.15) is 17.3 Å². The average molecular weight is 374 g/mol. The molecule has 5 N–H and O–H groups in total. The molecule has 0 aliphatic carbocycles. The molecule has 0 spiro atoms. The highest BCUT2D eigenvalue weighted by Gasteiger charge is 2.13. The number of benzene rings is 3. The molecule has 0 saturated heterocycles. The number of nitrogens with one attached hydrogen (secondary N) is 3. The molecule has 3 rings (SSSR count). The van der Waals surface area contributed by atoms with E-state index in [4.69, 9.17) is 5.73 Å². The molecular formula is C22H22N4O2. The van der Waals surface area contributed by atoms with Gasteiger partial charge in [0.25, 0.3) is 0 Å². The quantitative estimate of drug-likeness (QED) is 0.503. The zero-order chi connectivity index (χ0) is 19.9. The summed E-state index contributed by atoms with van der Waals surface area (Å²) >= 11 is 0. The van der Waals surface area contributed by atoms with Gasteiger partial charge in [0, 0.05) is 28.3 Å². The van der Waals surface area contributed by atoms with Crippen LogP contribution in [-0.2, 0) is 4.79 Å². The van der Waals surface area contributed by atoms with E-state index in [1.807, 2.05) is 54.6 Å². The number of anilines is 4. The van der Waals surface area contributed by atoms with Gasteiger partial charge in [-0.25, -0.2) is 0 Å². The van der Waals surface area contributed by atoms with Crippen LogP contribution in [-0.4, -0.2) is 17.9 Å². The third-order valence-electron chi connectivity index (χ3n) is 4.16. The smallest absolute Gasteiger partial charge is 0.248 e. The molecule has 0 fully saturated rings. The Morgan fingerprint density at radius 1 is 0.750 bits per heavy atom. The van der Waals surface area contributed by atoms with Crippen LogP contribution in [0.3, 0.4) is 0 Å². The van der Waals surface area contributed by atoms with Crippen LogP contribution in [0, 0.1) is 0 Å². The normalized spacial score (nSPS) is 11.3. The molecule has 0 unspecified atom stereocenters. The van der Waals surface area contributed by atoms with E-state index >= 15 is 0 Å². The number of nitrogens with two attached hydrogens (primary N) is 1. The number of rotatable bonds is 7. The number of hydrogen-bond donors (Lipinski definition) is 4. The van der Waals surface area contributed by atoms with Crippen molar-refractivity contribution in [1.29, 1.82) is 0 Å². The van der Waals surface area contributed by atoms with E-state index in [0.717, 1.165) is 17.1 Å². The van der Waals surface area contributed by atoms with Crippen molar-refractivity contribution in [3.63, 3.8) is 0 Å². The summed E-state index contributed by atoms with van der Waals surface area (Å²) in [6, 6.07) is 23.6. The van der Waals surface area contributed by atoms with Crippen LogP contribution in [0.2, 0.25) is 0 Å². The van der Waals surface area contributed by atoms with Crippen LogP contribution in [0.15, 0.2) is 78.9 Å². The largest absolute Gasteiger partial charge is 0.374 e. The van der Waals surface area contributed by atoms with Crippen molar-refractivity contribution >= 4 is 34.6 Å². The van der Waals surface area contributed by atoms with Gasteiger partial charge in [0.15, 0.2) is 0 Å². The highest BCUT2D eigenvalue weighted by molar-refractivity contribution is 5.97. The van der Waals surface area contributed by atoms with Crippen LogP contribution >= 0.6 is 0 Å². The highest BCUT2D eigenvalue weighted by atomic mass is 16.2. The molecule has 3 aromatic rings. The lowest BCUT2D eigenvalue weighted by Crippen LogP contribution is -2.31. The Hall–Kier alpha value is -3.80. The molecule has 0 aromatic heterocycles. The van der Waals surface area contributed by atoms with Gasteiger partial charge in [0.05, 0.1) is 0 Å². The highest BCUT2D eigenvalue weighted by Crippen LogP contribution is 2.19. The van der Waals surface area contributed by atoms with Gasteiger partial charge >= 0.3 is 0 Å². The van der Waals surface area contributed by atoms with E-state index in [9.17, 15) is 9.59 Å². The number of carbonyl (C=O) groups excluding carboxylic acids is 2. The second-order valence-corrected chi connectivity index (χ2v) is 6.37. The number of primary amides is 1. The lowest BCUT2D eigenvalue weighted by molar-refractivity contribution is -0.116. The molecule has 142 valence electrons. The van der Waals surface area contributed by atoms with Crippen molar-refractivity contribution in [3.05, 3.63) is 84.4 Å². The Balaban J connectivity index is 1.55. The Morgan fingerprint density at radius 3 is 1.89 bits per heavy atom. The second-order valence-electron chi connectivity index (χ2n) is 6.37. The summed E-state index contributed by atoms with van der Waals surface area (Å²) in [7, 11) is 0. The molecular weight excluding hydrogens is 352 g/mol. The van der Waals surface area contributed by atoms with Crippen molar-refractivity contribution in [1.82, 2.24) is 0 Å². The van der Waals surface area contributed by atoms with Gasteiger partial charge in [0.2, 0.25) is 11.8 Å². The van der Waals surface area contributed by atoms with Crippen molar-refractivity contribution in [2.24, 2.45) is 5.73 Å². The van der Waals surface area contributed by atoms with Crippen molar-refractivity contribution < 1.29 is 9.59 Å². The monoisotopic (exact) mass is 374 g/mol. The maximum absolute atomic E-state index is 12.4. The molecule has 0 aliphatic rings. The second kappa shape index (κ2) is 8.73. The number of para-hydroxylation sites is 1. The minimum Gasteiger partial charge on any atom is -0.374 e. The fourth-order valence-corrected chi connectivity index (χ4v) is 2.62. The topological polar surface area (TPSA) is 96.2 Å². The molecule has 0 bridgehead atoms. The molecule has 0 saturated carbocycles. The zero-order valence-electron chi connectivity index (χ0n) is 15.5. The lowest BCUT2D eigenvalue weighted by Gasteiger charge is -2.16. The van der Waals surface area contributed by atoms with Gasteiger partial charge < -0.3 is 21.7 Å². The fourth-order valence-electron chi connectivity index (χ4n) is 2.62. The number of amides is 2. The fraction of sp³-hybridized carbons (Fsp3) is 0.0909. The third-order valence-corrected chi connectivity index (χ3v) is 4.16. The summed E-state index contributed by atoms with van der Waals surface area (Å²) < 4.78 is 0. The van der Waals surface area contributed by atoms with E-state index in [2.05, 4.69) is 16.0 Å². The van der Waals surface area contributed by atoms with Gasteiger partial charge in [-0.3, -0.25) is 9.59 Å². The first-order valence-electron chi connectivity index (χ1n) is 8.91. The lowest BCUT2D eigenvalue weighted by atomic mass is 10.2. The molecule has 1 atom stereocenters.